The average molecular weight is 344 g/mol. The van der Waals surface area contributed by atoms with Crippen LogP contribution in [-0.4, -0.2) is 46.7 Å². The number of nitrogens with one attached hydrogen (secondary N) is 1. The zero-order valence-electron chi connectivity index (χ0n) is 13.1. The average Bonchev–Trinajstić information content (AvgIpc) is 2.50. The van der Waals surface area contributed by atoms with Crippen LogP contribution in [0, 0.1) is 0 Å². The molecule has 1 aromatic rings. The molecule has 0 saturated carbocycles. The van der Waals surface area contributed by atoms with Crippen molar-refractivity contribution in [2.24, 2.45) is 0 Å². The fourth-order valence-electron chi connectivity index (χ4n) is 2.87. The Bertz CT molecular complexity index is 602. The Hall–Kier alpha value is -2.09. The van der Waals surface area contributed by atoms with Crippen molar-refractivity contribution >= 4 is 11.9 Å². The number of amides is 1. The summed E-state index contributed by atoms with van der Waals surface area (Å²) in [5, 5.41) is 10.9. The van der Waals surface area contributed by atoms with Crippen molar-refractivity contribution in [3.8, 4) is 0 Å². The van der Waals surface area contributed by atoms with Gasteiger partial charge in [0.2, 0.25) is 0 Å². The number of carboxylic acids is 1. The molecule has 8 heteroatoms. The lowest BCUT2D eigenvalue weighted by atomic mass is 9.96. The van der Waals surface area contributed by atoms with Crippen LogP contribution < -0.4 is 5.32 Å². The van der Waals surface area contributed by atoms with Gasteiger partial charge in [0.15, 0.2) is 0 Å². The topological polar surface area (TPSA) is 69.6 Å². The maximum Gasteiger partial charge on any atom is 0.471 e. The molecule has 0 aliphatic carbocycles. The minimum atomic E-state index is -4.88. The second-order valence-corrected chi connectivity index (χ2v) is 5.93. The number of carbonyl (C=O) groups is 2. The molecule has 1 aliphatic rings. The Morgan fingerprint density at radius 3 is 2.46 bits per heavy atom. The van der Waals surface area contributed by atoms with Gasteiger partial charge in [-0.3, -0.25) is 9.69 Å². The zero-order chi connectivity index (χ0) is 17.9. The number of carbonyl (C=O) groups excluding carboxylic acids is 1. The maximum absolute atomic E-state index is 12.4. The van der Waals surface area contributed by atoms with Gasteiger partial charge in [0.1, 0.15) is 0 Å². The molecule has 1 aliphatic heterocycles. The Kier molecular flexibility index (Phi) is 5.48. The number of rotatable bonds is 4. The summed E-state index contributed by atoms with van der Waals surface area (Å²) in [6.07, 6.45) is -3.70. The highest BCUT2D eigenvalue weighted by Gasteiger charge is 2.41. The summed E-state index contributed by atoms with van der Waals surface area (Å²) < 4.78 is 37.2. The molecule has 1 saturated heterocycles. The number of piperidine rings is 1. The van der Waals surface area contributed by atoms with Crippen LogP contribution in [0.3, 0.4) is 0 Å². The van der Waals surface area contributed by atoms with Gasteiger partial charge in [-0.1, -0.05) is 12.1 Å². The van der Waals surface area contributed by atoms with Gasteiger partial charge in [0.25, 0.3) is 0 Å². The van der Waals surface area contributed by atoms with Crippen molar-refractivity contribution in [2.75, 3.05) is 6.54 Å². The van der Waals surface area contributed by atoms with Crippen LogP contribution in [0.2, 0.25) is 0 Å². The summed E-state index contributed by atoms with van der Waals surface area (Å²) >= 11 is 0. The Balaban J connectivity index is 2.00. The lowest BCUT2D eigenvalue weighted by molar-refractivity contribution is -0.175. The summed E-state index contributed by atoms with van der Waals surface area (Å²) in [4.78, 5) is 24.0. The third kappa shape index (κ3) is 4.47. The molecule has 1 amide bonds. The minimum Gasteiger partial charge on any atom is -0.478 e. The number of halogens is 3. The molecule has 0 aromatic heterocycles. The lowest BCUT2D eigenvalue weighted by Crippen LogP contribution is -2.55. The second kappa shape index (κ2) is 7.21. The van der Waals surface area contributed by atoms with Crippen molar-refractivity contribution < 1.29 is 27.9 Å². The normalized spacial score (nSPS) is 22.2. The third-order valence-corrected chi connectivity index (χ3v) is 4.28. The molecule has 0 unspecified atom stereocenters. The van der Waals surface area contributed by atoms with Gasteiger partial charge < -0.3 is 10.4 Å². The van der Waals surface area contributed by atoms with Gasteiger partial charge in [0, 0.05) is 18.6 Å². The van der Waals surface area contributed by atoms with Gasteiger partial charge in [-0.15, -0.1) is 0 Å². The molecule has 2 rings (SSSR count). The van der Waals surface area contributed by atoms with E-state index in [2.05, 4.69) is 5.32 Å². The second-order valence-electron chi connectivity index (χ2n) is 5.93. The van der Waals surface area contributed by atoms with Crippen molar-refractivity contribution in [2.45, 2.75) is 44.6 Å². The quantitative estimate of drug-likeness (QED) is 0.880. The number of aromatic carboxylic acids is 1. The van der Waals surface area contributed by atoms with Crippen LogP contribution in [0.1, 0.15) is 35.7 Å². The Morgan fingerprint density at radius 1 is 1.29 bits per heavy atom. The van der Waals surface area contributed by atoms with E-state index in [9.17, 15) is 22.8 Å². The summed E-state index contributed by atoms with van der Waals surface area (Å²) in [5.41, 5.74) is 1.05. The SMILES string of the molecule is C[C@@H]1[C@H](NC(=O)C(F)(F)F)CCCN1Cc1ccc(C(=O)O)cc1. The largest absolute Gasteiger partial charge is 0.478 e. The number of hydrogen-bond donors (Lipinski definition) is 2. The molecule has 24 heavy (non-hydrogen) atoms. The number of likely N-dealkylation sites (tertiary alicyclic amines) is 1. The predicted octanol–water partition coefficient (Wildman–Crippen LogP) is 2.42. The number of benzene rings is 1. The first-order chi connectivity index (χ1) is 11.2. The van der Waals surface area contributed by atoms with E-state index in [-0.39, 0.29) is 11.6 Å². The summed E-state index contributed by atoms with van der Waals surface area (Å²) in [7, 11) is 0. The molecule has 1 fully saturated rings. The fourth-order valence-corrected chi connectivity index (χ4v) is 2.87. The van der Waals surface area contributed by atoms with Gasteiger partial charge in [0.05, 0.1) is 5.56 Å². The first kappa shape index (κ1) is 18.3. The molecular formula is C16H19F3N2O3. The predicted molar refractivity (Wildman–Crippen MR) is 80.5 cm³/mol. The molecule has 0 radical (unpaired) electrons. The van der Waals surface area contributed by atoms with E-state index in [0.29, 0.717) is 25.9 Å². The summed E-state index contributed by atoms with van der Waals surface area (Å²) in [6.45, 7) is 2.98. The van der Waals surface area contributed by atoms with Crippen LogP contribution in [-0.2, 0) is 11.3 Å². The molecule has 132 valence electrons. The van der Waals surface area contributed by atoms with Gasteiger partial charge >= 0.3 is 18.1 Å². The number of alkyl halides is 3. The Morgan fingerprint density at radius 2 is 1.92 bits per heavy atom. The fraction of sp³-hybridized carbons (Fsp3) is 0.500. The Labute approximate surface area is 137 Å². The van der Waals surface area contributed by atoms with Crippen LogP contribution in [0.5, 0.6) is 0 Å². The van der Waals surface area contributed by atoms with E-state index >= 15 is 0 Å². The van der Waals surface area contributed by atoms with E-state index in [1.54, 1.807) is 19.1 Å². The molecular weight excluding hydrogens is 325 g/mol. The minimum absolute atomic E-state index is 0.181. The van der Waals surface area contributed by atoms with E-state index in [0.717, 1.165) is 5.56 Å². The van der Waals surface area contributed by atoms with E-state index in [1.165, 1.54) is 12.1 Å². The molecule has 1 aromatic carbocycles. The molecule has 2 N–H and O–H groups in total. The number of carboxylic acid groups (broad SMARTS) is 1. The molecule has 5 nitrogen and oxygen atoms in total. The van der Waals surface area contributed by atoms with Crippen molar-refractivity contribution in [3.63, 3.8) is 0 Å². The summed E-state index contributed by atoms with van der Waals surface area (Å²) in [5.74, 6) is -2.92. The number of hydrogen-bond acceptors (Lipinski definition) is 3. The van der Waals surface area contributed by atoms with Crippen molar-refractivity contribution in [1.82, 2.24) is 10.2 Å². The highest BCUT2D eigenvalue weighted by Crippen LogP contribution is 2.22. The van der Waals surface area contributed by atoms with Gasteiger partial charge in [-0.05, 0) is 44.0 Å². The molecule has 0 spiro atoms. The maximum atomic E-state index is 12.4. The van der Waals surface area contributed by atoms with E-state index in [1.807, 2.05) is 4.90 Å². The molecule has 2 atom stereocenters. The standard InChI is InChI=1S/C16H19F3N2O3/c1-10-13(20-15(24)16(17,18)19)3-2-8-21(10)9-11-4-6-12(7-5-11)14(22)23/h4-7,10,13H,2-3,8-9H2,1H3,(H,20,24)(H,22,23)/t10-,13-/m1/s1. The highest BCUT2D eigenvalue weighted by atomic mass is 19.4. The zero-order valence-corrected chi connectivity index (χ0v) is 13.1. The van der Waals surface area contributed by atoms with Crippen LogP contribution in [0.25, 0.3) is 0 Å². The third-order valence-electron chi connectivity index (χ3n) is 4.28. The first-order valence-corrected chi connectivity index (χ1v) is 7.62. The highest BCUT2D eigenvalue weighted by molar-refractivity contribution is 5.87. The number of nitrogens with zero attached hydrogens (tertiary/aromatic N) is 1. The molecule has 1 heterocycles. The summed E-state index contributed by atoms with van der Waals surface area (Å²) in [6, 6.07) is 5.56. The van der Waals surface area contributed by atoms with Crippen LogP contribution in [0.4, 0.5) is 13.2 Å². The lowest BCUT2D eigenvalue weighted by Gasteiger charge is -2.39. The monoisotopic (exact) mass is 344 g/mol. The van der Waals surface area contributed by atoms with Crippen molar-refractivity contribution in [3.05, 3.63) is 35.4 Å². The van der Waals surface area contributed by atoms with Gasteiger partial charge in [-0.2, -0.15) is 13.2 Å². The van der Waals surface area contributed by atoms with Gasteiger partial charge in [-0.25, -0.2) is 4.79 Å². The van der Waals surface area contributed by atoms with Crippen LogP contribution >= 0.6 is 0 Å². The van der Waals surface area contributed by atoms with E-state index < -0.39 is 24.1 Å². The van der Waals surface area contributed by atoms with Crippen LogP contribution in [0.15, 0.2) is 24.3 Å². The van der Waals surface area contributed by atoms with Crippen molar-refractivity contribution in [1.29, 1.82) is 0 Å². The smallest absolute Gasteiger partial charge is 0.471 e. The molecule has 0 bridgehead atoms. The first-order valence-electron chi connectivity index (χ1n) is 7.62. The van der Waals surface area contributed by atoms with E-state index in [4.69, 9.17) is 5.11 Å².